The number of methoxy groups -OCH3 is 2. The van der Waals surface area contributed by atoms with Crippen molar-refractivity contribution < 1.29 is 14.3 Å². The second-order valence-corrected chi connectivity index (χ2v) is 8.49. The van der Waals surface area contributed by atoms with Gasteiger partial charge < -0.3 is 14.4 Å². The third kappa shape index (κ3) is 4.88. The molecular formula is C23H31N3O3. The van der Waals surface area contributed by atoms with Crippen LogP contribution in [0.15, 0.2) is 36.5 Å². The number of fused-ring (bicyclic) bond motifs is 1. The van der Waals surface area contributed by atoms with Crippen LogP contribution >= 0.6 is 0 Å². The van der Waals surface area contributed by atoms with E-state index >= 15 is 0 Å². The number of hydrogen-bond acceptors (Lipinski definition) is 5. The molecule has 1 atom stereocenters. The maximum absolute atomic E-state index is 13.4. The summed E-state index contributed by atoms with van der Waals surface area (Å²) in [6.07, 6.45) is 2.58. The van der Waals surface area contributed by atoms with Crippen LogP contribution in [0.1, 0.15) is 37.6 Å². The van der Waals surface area contributed by atoms with Gasteiger partial charge in [0.15, 0.2) is 11.5 Å². The summed E-state index contributed by atoms with van der Waals surface area (Å²) >= 11 is 0. The quantitative estimate of drug-likeness (QED) is 0.811. The fraction of sp³-hybridized carbons (Fsp3) is 0.478. The number of carbonyl (C=O) groups excluding carboxylic acids is 1. The number of aromatic nitrogens is 1. The predicted octanol–water partition coefficient (Wildman–Crippen LogP) is 3.19. The summed E-state index contributed by atoms with van der Waals surface area (Å²) in [6, 6.07) is 9.53. The van der Waals surface area contributed by atoms with Crippen LogP contribution in [0.5, 0.6) is 11.5 Å². The molecule has 0 saturated carbocycles. The molecule has 156 valence electrons. The second kappa shape index (κ2) is 8.82. The van der Waals surface area contributed by atoms with Gasteiger partial charge in [0.05, 0.1) is 26.0 Å². The highest BCUT2D eigenvalue weighted by Gasteiger charge is 2.35. The smallest absolute Gasteiger partial charge is 0.240 e. The molecule has 0 saturated heterocycles. The molecule has 1 amide bonds. The summed E-state index contributed by atoms with van der Waals surface area (Å²) in [5.74, 6) is 1.55. The van der Waals surface area contributed by atoms with Crippen LogP contribution in [0.3, 0.4) is 0 Å². The van der Waals surface area contributed by atoms with E-state index in [1.807, 2.05) is 35.2 Å². The number of nitrogens with one attached hydrogen (secondary N) is 1. The minimum atomic E-state index is -0.300. The molecule has 0 radical (unpaired) electrons. The van der Waals surface area contributed by atoms with E-state index in [0.29, 0.717) is 25.4 Å². The zero-order valence-corrected chi connectivity index (χ0v) is 18.0. The Kier molecular flexibility index (Phi) is 6.42. The largest absolute Gasteiger partial charge is 0.493 e. The van der Waals surface area contributed by atoms with E-state index in [1.165, 1.54) is 5.56 Å². The summed E-state index contributed by atoms with van der Waals surface area (Å²) in [4.78, 5) is 19.7. The molecule has 3 rings (SSSR count). The normalized spacial score (nSPS) is 14.9. The fourth-order valence-electron chi connectivity index (χ4n) is 3.73. The number of carbonyl (C=O) groups is 1. The Labute approximate surface area is 173 Å². The molecule has 1 aliphatic heterocycles. The third-order valence-electron chi connectivity index (χ3n) is 5.36. The molecule has 1 aromatic carbocycles. The van der Waals surface area contributed by atoms with E-state index in [-0.39, 0.29) is 17.4 Å². The fourth-order valence-corrected chi connectivity index (χ4v) is 3.73. The lowest BCUT2D eigenvalue weighted by atomic mass is 9.85. The van der Waals surface area contributed by atoms with E-state index < -0.39 is 0 Å². The lowest BCUT2D eigenvalue weighted by Gasteiger charge is -2.37. The molecular weight excluding hydrogens is 366 g/mol. The molecule has 1 N–H and O–H groups in total. The zero-order chi connectivity index (χ0) is 21.0. The van der Waals surface area contributed by atoms with Crippen LogP contribution in [0.4, 0.5) is 0 Å². The van der Waals surface area contributed by atoms with Crippen molar-refractivity contribution in [3.05, 3.63) is 53.3 Å². The number of amides is 1. The van der Waals surface area contributed by atoms with Crippen molar-refractivity contribution in [2.24, 2.45) is 5.41 Å². The topological polar surface area (TPSA) is 63.7 Å². The molecule has 1 aromatic heterocycles. The van der Waals surface area contributed by atoms with E-state index in [4.69, 9.17) is 9.47 Å². The molecule has 0 aliphatic carbocycles. The molecule has 0 bridgehead atoms. The van der Waals surface area contributed by atoms with E-state index in [1.54, 1.807) is 20.4 Å². The molecule has 0 spiro atoms. The summed E-state index contributed by atoms with van der Waals surface area (Å²) < 4.78 is 10.9. The Morgan fingerprint density at radius 1 is 1.17 bits per heavy atom. The molecule has 1 aliphatic rings. The van der Waals surface area contributed by atoms with E-state index in [2.05, 4.69) is 31.1 Å². The van der Waals surface area contributed by atoms with Crippen LogP contribution in [-0.2, 0) is 24.3 Å². The van der Waals surface area contributed by atoms with Crippen LogP contribution < -0.4 is 14.8 Å². The zero-order valence-electron chi connectivity index (χ0n) is 18.0. The minimum absolute atomic E-state index is 0.119. The van der Waals surface area contributed by atoms with Crippen LogP contribution in [0.25, 0.3) is 0 Å². The van der Waals surface area contributed by atoms with Crippen molar-refractivity contribution in [2.75, 3.05) is 20.8 Å². The Bertz CT molecular complexity index is 846. The highest BCUT2D eigenvalue weighted by atomic mass is 16.5. The molecule has 2 aromatic rings. The summed E-state index contributed by atoms with van der Waals surface area (Å²) in [7, 11) is 3.28. The maximum atomic E-state index is 13.4. The first-order chi connectivity index (χ1) is 13.8. The number of ether oxygens (including phenoxy) is 2. The standard InChI is InChI=1S/C23H31N3O3/c1-23(2,3)21(25-14-18-8-6-7-10-24-18)22(27)26-11-9-16-12-19(28-4)20(29-5)13-17(16)15-26/h6-8,10,12-13,21,25H,9,11,14-15H2,1-5H3/t21-/m1/s1. The van der Waals surface area contributed by atoms with Gasteiger partial charge in [-0.1, -0.05) is 26.8 Å². The Balaban J connectivity index is 1.76. The third-order valence-corrected chi connectivity index (χ3v) is 5.36. The first-order valence-corrected chi connectivity index (χ1v) is 9.99. The predicted molar refractivity (Wildman–Crippen MR) is 113 cm³/mol. The van der Waals surface area contributed by atoms with Gasteiger partial charge in [0.1, 0.15) is 0 Å². The van der Waals surface area contributed by atoms with Crippen molar-refractivity contribution in [3.8, 4) is 11.5 Å². The van der Waals surface area contributed by atoms with Gasteiger partial charge in [0, 0.05) is 25.8 Å². The second-order valence-electron chi connectivity index (χ2n) is 8.49. The van der Waals surface area contributed by atoms with Crippen LogP contribution in [0.2, 0.25) is 0 Å². The lowest BCUT2D eigenvalue weighted by Crippen LogP contribution is -2.53. The Hall–Kier alpha value is -2.60. The molecule has 2 heterocycles. The van der Waals surface area contributed by atoms with Crippen LogP contribution in [0, 0.1) is 5.41 Å². The van der Waals surface area contributed by atoms with Crippen molar-refractivity contribution in [1.82, 2.24) is 15.2 Å². The average molecular weight is 398 g/mol. The molecule has 0 unspecified atom stereocenters. The average Bonchev–Trinajstić information content (AvgIpc) is 2.72. The van der Waals surface area contributed by atoms with Crippen molar-refractivity contribution in [3.63, 3.8) is 0 Å². The first-order valence-electron chi connectivity index (χ1n) is 9.99. The lowest BCUT2D eigenvalue weighted by molar-refractivity contribution is -0.137. The van der Waals surface area contributed by atoms with Gasteiger partial charge in [-0.3, -0.25) is 15.1 Å². The number of hydrogen-bond donors (Lipinski definition) is 1. The highest BCUT2D eigenvalue weighted by molar-refractivity contribution is 5.83. The maximum Gasteiger partial charge on any atom is 0.240 e. The van der Waals surface area contributed by atoms with E-state index in [9.17, 15) is 4.79 Å². The van der Waals surface area contributed by atoms with Crippen LogP contribution in [-0.4, -0.2) is 42.6 Å². The van der Waals surface area contributed by atoms with Gasteiger partial charge in [-0.25, -0.2) is 0 Å². The highest BCUT2D eigenvalue weighted by Crippen LogP contribution is 2.34. The van der Waals surface area contributed by atoms with Gasteiger partial charge in [0.2, 0.25) is 5.91 Å². The van der Waals surface area contributed by atoms with Gasteiger partial charge in [0.25, 0.3) is 0 Å². The number of pyridine rings is 1. The Morgan fingerprint density at radius 2 is 1.86 bits per heavy atom. The van der Waals surface area contributed by atoms with Crippen molar-refractivity contribution in [1.29, 1.82) is 0 Å². The summed E-state index contributed by atoms with van der Waals surface area (Å²) in [5.41, 5.74) is 3.03. The SMILES string of the molecule is COc1cc2c(cc1OC)CN(C(=O)[C@@H](NCc1ccccn1)C(C)(C)C)CC2. The molecule has 6 heteroatoms. The molecule has 0 fully saturated rings. The summed E-state index contributed by atoms with van der Waals surface area (Å²) in [5, 5.41) is 3.44. The van der Waals surface area contributed by atoms with Gasteiger partial charge in [-0.15, -0.1) is 0 Å². The molecule has 6 nitrogen and oxygen atoms in total. The first kappa shape index (κ1) is 21.1. The van der Waals surface area contributed by atoms with Gasteiger partial charge in [-0.2, -0.15) is 0 Å². The van der Waals surface area contributed by atoms with Gasteiger partial charge in [-0.05, 0) is 47.2 Å². The van der Waals surface area contributed by atoms with Crippen molar-refractivity contribution in [2.45, 2.75) is 46.3 Å². The summed E-state index contributed by atoms with van der Waals surface area (Å²) in [6.45, 7) is 8.10. The Morgan fingerprint density at radius 3 is 2.45 bits per heavy atom. The van der Waals surface area contributed by atoms with Crippen molar-refractivity contribution >= 4 is 5.91 Å². The minimum Gasteiger partial charge on any atom is -0.493 e. The van der Waals surface area contributed by atoms with E-state index in [0.717, 1.165) is 23.4 Å². The van der Waals surface area contributed by atoms with Gasteiger partial charge >= 0.3 is 0 Å². The monoisotopic (exact) mass is 397 g/mol. The molecule has 29 heavy (non-hydrogen) atoms. The number of benzene rings is 1. The number of nitrogens with zero attached hydrogens (tertiary/aromatic N) is 2. The number of rotatable bonds is 6.